The van der Waals surface area contributed by atoms with Gasteiger partial charge in [-0.25, -0.2) is 0 Å². The van der Waals surface area contributed by atoms with E-state index in [1.165, 1.54) is 0 Å². The Kier molecular flexibility index (Phi) is 4.71. The van der Waals surface area contributed by atoms with Crippen LogP contribution in [0, 0.1) is 0 Å². The van der Waals surface area contributed by atoms with Crippen molar-refractivity contribution in [1.29, 1.82) is 0 Å². The molecule has 0 fully saturated rings. The van der Waals surface area contributed by atoms with Gasteiger partial charge in [-0.2, -0.15) is 0 Å². The Morgan fingerprint density at radius 3 is 2.26 bits per heavy atom. The molecule has 1 amide bonds. The van der Waals surface area contributed by atoms with Gasteiger partial charge in [-0.1, -0.05) is 30.3 Å². The quantitative estimate of drug-likeness (QED) is 0.748. The lowest BCUT2D eigenvalue weighted by molar-refractivity contribution is -0.127. The first kappa shape index (κ1) is 15.7. The number of nitrogens with two attached hydrogens (primary N) is 1. The number of hydrogen-bond acceptors (Lipinski definition) is 3. The van der Waals surface area contributed by atoms with Crippen LogP contribution < -0.4 is 11.1 Å². The number of amides is 1. The molecule has 1 aromatic carbocycles. The van der Waals surface area contributed by atoms with Crippen LogP contribution >= 0.6 is 0 Å². The molecule has 0 aliphatic heterocycles. The van der Waals surface area contributed by atoms with Crippen LogP contribution in [0.15, 0.2) is 30.3 Å². The van der Waals surface area contributed by atoms with Crippen molar-refractivity contribution in [3.05, 3.63) is 35.9 Å². The fraction of sp³-hybridized carbons (Fsp3) is 0.533. The molecule has 0 saturated heterocycles. The highest BCUT2D eigenvalue weighted by Crippen LogP contribution is 2.20. The monoisotopic (exact) mass is 264 g/mol. The van der Waals surface area contributed by atoms with Gasteiger partial charge in [0, 0.05) is 0 Å². The van der Waals surface area contributed by atoms with Gasteiger partial charge < -0.3 is 16.2 Å². The highest BCUT2D eigenvalue weighted by molar-refractivity contribution is 5.82. The van der Waals surface area contributed by atoms with Crippen molar-refractivity contribution in [3.63, 3.8) is 0 Å². The van der Waals surface area contributed by atoms with Crippen LogP contribution in [0.2, 0.25) is 0 Å². The van der Waals surface area contributed by atoms with Crippen molar-refractivity contribution in [2.24, 2.45) is 5.73 Å². The molecule has 4 heteroatoms. The molecule has 1 rings (SSSR count). The van der Waals surface area contributed by atoms with E-state index < -0.39 is 17.2 Å². The van der Waals surface area contributed by atoms with Crippen molar-refractivity contribution in [3.8, 4) is 0 Å². The van der Waals surface area contributed by atoms with Gasteiger partial charge in [0.05, 0.1) is 17.2 Å². The smallest absolute Gasteiger partial charge is 0.237 e. The summed E-state index contributed by atoms with van der Waals surface area (Å²) in [6.45, 7) is 6.88. The minimum Gasteiger partial charge on any atom is -0.388 e. The summed E-state index contributed by atoms with van der Waals surface area (Å²) in [6.07, 6.45) is 0.481. The van der Waals surface area contributed by atoms with E-state index in [4.69, 9.17) is 5.73 Å². The van der Waals surface area contributed by atoms with Crippen LogP contribution in [0.5, 0.6) is 0 Å². The molecule has 106 valence electrons. The molecule has 0 unspecified atom stereocenters. The van der Waals surface area contributed by atoms with Gasteiger partial charge in [0.1, 0.15) is 0 Å². The van der Waals surface area contributed by atoms with Crippen LogP contribution in [0.25, 0.3) is 0 Å². The second-order valence-electron chi connectivity index (χ2n) is 5.97. The summed E-state index contributed by atoms with van der Waals surface area (Å²) in [5.74, 6) is -0.254. The molecule has 0 heterocycles. The molecule has 19 heavy (non-hydrogen) atoms. The third-order valence-electron chi connectivity index (χ3n) is 3.60. The van der Waals surface area contributed by atoms with Crippen LogP contribution in [0.4, 0.5) is 0 Å². The zero-order chi connectivity index (χ0) is 14.7. The summed E-state index contributed by atoms with van der Waals surface area (Å²) in [7, 11) is 0. The minimum atomic E-state index is -1.02. The second kappa shape index (κ2) is 5.72. The summed E-state index contributed by atoms with van der Waals surface area (Å²) in [6, 6.07) is 9.01. The van der Waals surface area contributed by atoms with E-state index >= 15 is 0 Å². The molecule has 0 spiro atoms. The Balaban J connectivity index is 2.64. The summed E-state index contributed by atoms with van der Waals surface area (Å²) in [5.41, 5.74) is 5.17. The van der Waals surface area contributed by atoms with Crippen LogP contribution in [0.3, 0.4) is 0 Å². The fourth-order valence-corrected chi connectivity index (χ4v) is 1.51. The van der Waals surface area contributed by atoms with Crippen LogP contribution in [-0.2, 0) is 11.2 Å². The van der Waals surface area contributed by atoms with E-state index in [0.717, 1.165) is 5.56 Å². The van der Waals surface area contributed by atoms with Gasteiger partial charge in [-0.05, 0) is 39.7 Å². The number of rotatable bonds is 5. The number of carbonyl (C=O) groups is 1. The third-order valence-corrected chi connectivity index (χ3v) is 3.60. The average molecular weight is 264 g/mol. The van der Waals surface area contributed by atoms with Crippen molar-refractivity contribution < 1.29 is 9.90 Å². The maximum absolute atomic E-state index is 12.1. The SMILES string of the molecule is CC(C)(O)C(C)(C)NC(=O)[C@@H](N)Cc1ccccc1. The molecule has 4 nitrogen and oxygen atoms in total. The predicted molar refractivity (Wildman–Crippen MR) is 76.6 cm³/mol. The average Bonchev–Trinajstić information content (AvgIpc) is 2.28. The van der Waals surface area contributed by atoms with Crippen molar-refractivity contribution in [1.82, 2.24) is 5.32 Å². The van der Waals surface area contributed by atoms with E-state index in [9.17, 15) is 9.90 Å². The first-order valence-corrected chi connectivity index (χ1v) is 6.47. The number of aliphatic hydroxyl groups is 1. The number of hydrogen-bond donors (Lipinski definition) is 3. The lowest BCUT2D eigenvalue weighted by Crippen LogP contribution is -2.60. The zero-order valence-corrected chi connectivity index (χ0v) is 12.1. The molecular weight excluding hydrogens is 240 g/mol. The van der Waals surface area contributed by atoms with Crippen LogP contribution in [-0.4, -0.2) is 28.2 Å². The zero-order valence-electron chi connectivity index (χ0n) is 12.1. The summed E-state index contributed by atoms with van der Waals surface area (Å²) in [5, 5.41) is 12.8. The molecule has 4 N–H and O–H groups in total. The lowest BCUT2D eigenvalue weighted by Gasteiger charge is -2.38. The lowest BCUT2D eigenvalue weighted by atomic mass is 9.85. The largest absolute Gasteiger partial charge is 0.388 e. The molecule has 1 aromatic rings. The summed E-state index contributed by atoms with van der Waals surface area (Å²) >= 11 is 0. The highest BCUT2D eigenvalue weighted by atomic mass is 16.3. The Bertz CT molecular complexity index is 422. The Hall–Kier alpha value is -1.39. The minimum absolute atomic E-state index is 0.254. The molecule has 0 radical (unpaired) electrons. The predicted octanol–water partition coefficient (Wildman–Crippen LogP) is 1.22. The van der Waals surface area contributed by atoms with Gasteiger partial charge in [0.2, 0.25) is 5.91 Å². The summed E-state index contributed by atoms with van der Waals surface area (Å²) < 4.78 is 0. The van der Waals surface area contributed by atoms with Gasteiger partial charge in [-0.3, -0.25) is 4.79 Å². The fourth-order valence-electron chi connectivity index (χ4n) is 1.51. The molecule has 0 aliphatic rings. The van der Waals surface area contributed by atoms with Gasteiger partial charge in [0.15, 0.2) is 0 Å². The molecule has 1 atom stereocenters. The number of benzene rings is 1. The first-order chi connectivity index (χ1) is 8.63. The summed E-state index contributed by atoms with van der Waals surface area (Å²) in [4.78, 5) is 12.1. The van der Waals surface area contributed by atoms with Gasteiger partial charge >= 0.3 is 0 Å². The van der Waals surface area contributed by atoms with E-state index in [2.05, 4.69) is 5.32 Å². The molecular formula is C15H24N2O2. The third kappa shape index (κ3) is 4.33. The van der Waals surface area contributed by atoms with Gasteiger partial charge in [-0.15, -0.1) is 0 Å². The maximum Gasteiger partial charge on any atom is 0.237 e. The van der Waals surface area contributed by atoms with Crippen molar-refractivity contribution in [2.45, 2.75) is 51.3 Å². The molecule has 0 aliphatic carbocycles. The van der Waals surface area contributed by atoms with E-state index in [1.807, 2.05) is 30.3 Å². The maximum atomic E-state index is 12.1. The first-order valence-electron chi connectivity index (χ1n) is 6.47. The van der Waals surface area contributed by atoms with Crippen molar-refractivity contribution in [2.75, 3.05) is 0 Å². The Morgan fingerprint density at radius 2 is 1.79 bits per heavy atom. The van der Waals surface area contributed by atoms with Crippen molar-refractivity contribution >= 4 is 5.91 Å². The molecule has 0 saturated carbocycles. The number of nitrogens with one attached hydrogen (secondary N) is 1. The number of carbonyl (C=O) groups excluding carboxylic acids is 1. The Labute approximate surface area is 115 Å². The Morgan fingerprint density at radius 1 is 1.26 bits per heavy atom. The van der Waals surface area contributed by atoms with E-state index in [-0.39, 0.29) is 5.91 Å². The normalized spacial score (nSPS) is 14.0. The molecule has 0 bridgehead atoms. The van der Waals surface area contributed by atoms with Gasteiger partial charge in [0.25, 0.3) is 0 Å². The van der Waals surface area contributed by atoms with E-state index in [1.54, 1.807) is 27.7 Å². The van der Waals surface area contributed by atoms with Crippen LogP contribution in [0.1, 0.15) is 33.3 Å². The van der Waals surface area contributed by atoms with E-state index in [0.29, 0.717) is 6.42 Å². The molecule has 0 aromatic heterocycles. The second-order valence-corrected chi connectivity index (χ2v) is 5.97. The standard InChI is InChI=1S/C15H24N2O2/c1-14(2,15(3,4)19)17-13(18)12(16)10-11-8-6-5-7-9-11/h5-9,12,19H,10,16H2,1-4H3,(H,17,18)/t12-/m0/s1. The highest BCUT2D eigenvalue weighted by Gasteiger charge is 2.37. The topological polar surface area (TPSA) is 75.3 Å².